The third-order valence-electron chi connectivity index (χ3n) is 3.21. The summed E-state index contributed by atoms with van der Waals surface area (Å²) < 4.78 is 27.8. The second-order valence-corrected chi connectivity index (χ2v) is 5.04. The fourth-order valence-electron chi connectivity index (χ4n) is 2.22. The molecule has 0 saturated heterocycles. The normalized spacial score (nSPS) is 12.4. The van der Waals surface area contributed by atoms with Crippen LogP contribution in [0.4, 0.5) is 8.78 Å². The molecule has 1 unspecified atom stereocenters. The molecule has 0 bridgehead atoms. The minimum atomic E-state index is -0.469. The van der Waals surface area contributed by atoms with Gasteiger partial charge < -0.3 is 5.32 Å². The van der Waals surface area contributed by atoms with Gasteiger partial charge in [0.15, 0.2) is 0 Å². The summed E-state index contributed by atoms with van der Waals surface area (Å²) >= 11 is 6.14. The number of aryl methyl sites for hydroxylation is 1. The largest absolute Gasteiger partial charge is 0.306 e. The van der Waals surface area contributed by atoms with Crippen LogP contribution in [0.3, 0.4) is 0 Å². The van der Waals surface area contributed by atoms with Crippen LogP contribution in [0.25, 0.3) is 0 Å². The zero-order valence-corrected chi connectivity index (χ0v) is 12.1. The third-order valence-corrected chi connectivity index (χ3v) is 3.55. The first-order chi connectivity index (χ1) is 9.54. The van der Waals surface area contributed by atoms with Crippen molar-refractivity contribution in [1.82, 2.24) is 5.32 Å². The molecular weight excluding hydrogens is 280 g/mol. The summed E-state index contributed by atoms with van der Waals surface area (Å²) in [4.78, 5) is 0. The van der Waals surface area contributed by atoms with E-state index in [1.807, 2.05) is 6.92 Å². The van der Waals surface area contributed by atoms with Crippen LogP contribution in [0.2, 0.25) is 5.02 Å². The molecule has 0 fully saturated rings. The first-order valence-corrected chi connectivity index (χ1v) is 6.85. The van der Waals surface area contributed by atoms with Gasteiger partial charge >= 0.3 is 0 Å². The second kappa shape index (κ2) is 6.33. The summed E-state index contributed by atoms with van der Waals surface area (Å²) in [5, 5.41) is 3.58. The van der Waals surface area contributed by atoms with E-state index >= 15 is 0 Å². The lowest BCUT2D eigenvalue weighted by Crippen LogP contribution is -2.23. The van der Waals surface area contributed by atoms with Gasteiger partial charge in [0.1, 0.15) is 11.6 Å². The highest BCUT2D eigenvalue weighted by Crippen LogP contribution is 2.31. The second-order valence-electron chi connectivity index (χ2n) is 4.63. The van der Waals surface area contributed by atoms with E-state index in [0.717, 1.165) is 0 Å². The van der Waals surface area contributed by atoms with Gasteiger partial charge in [0.05, 0.1) is 6.04 Å². The molecular formula is C16H16ClF2N. The van der Waals surface area contributed by atoms with Crippen LogP contribution in [0, 0.1) is 18.6 Å². The topological polar surface area (TPSA) is 12.0 Å². The summed E-state index contributed by atoms with van der Waals surface area (Å²) in [6, 6.07) is 8.84. The van der Waals surface area contributed by atoms with Crippen LogP contribution in [0.5, 0.6) is 0 Å². The smallest absolute Gasteiger partial charge is 0.131 e. The maximum atomic E-state index is 14.3. The average molecular weight is 296 g/mol. The van der Waals surface area contributed by atoms with Crippen molar-refractivity contribution in [2.45, 2.75) is 19.9 Å². The predicted octanol–water partition coefficient (Wildman–Crippen LogP) is 4.63. The Labute approximate surface area is 122 Å². The molecule has 1 atom stereocenters. The van der Waals surface area contributed by atoms with Crippen LogP contribution in [0.1, 0.15) is 29.7 Å². The molecule has 4 heteroatoms. The van der Waals surface area contributed by atoms with Crippen LogP contribution >= 0.6 is 11.6 Å². The highest BCUT2D eigenvalue weighted by atomic mass is 35.5. The number of hydrogen-bond acceptors (Lipinski definition) is 1. The Morgan fingerprint density at radius 2 is 1.90 bits per heavy atom. The lowest BCUT2D eigenvalue weighted by atomic mass is 9.96. The maximum Gasteiger partial charge on any atom is 0.131 e. The number of rotatable bonds is 4. The van der Waals surface area contributed by atoms with Crippen LogP contribution in [-0.4, -0.2) is 6.54 Å². The minimum Gasteiger partial charge on any atom is -0.306 e. The molecule has 0 radical (unpaired) electrons. The van der Waals surface area contributed by atoms with Gasteiger partial charge in [0.25, 0.3) is 0 Å². The number of nitrogens with one attached hydrogen (secondary N) is 1. The maximum absolute atomic E-state index is 14.3. The van der Waals surface area contributed by atoms with Gasteiger partial charge in [-0.1, -0.05) is 36.7 Å². The van der Waals surface area contributed by atoms with Gasteiger partial charge in [0, 0.05) is 10.6 Å². The van der Waals surface area contributed by atoms with Crippen molar-refractivity contribution in [2.75, 3.05) is 6.54 Å². The van der Waals surface area contributed by atoms with Crippen molar-refractivity contribution < 1.29 is 8.78 Å². The molecule has 0 aliphatic rings. The number of halogens is 3. The molecule has 1 nitrogen and oxygen atoms in total. The van der Waals surface area contributed by atoms with Crippen molar-refractivity contribution in [2.24, 2.45) is 0 Å². The highest BCUT2D eigenvalue weighted by Gasteiger charge is 2.20. The van der Waals surface area contributed by atoms with Gasteiger partial charge in [-0.25, -0.2) is 8.78 Å². The zero-order valence-electron chi connectivity index (χ0n) is 11.4. The molecule has 0 spiro atoms. The standard InChI is InChI=1S/C16H16ClF2N/c1-3-20-16(12-6-4-5-10(2)15(12)19)13-9-11(18)7-8-14(13)17/h4-9,16,20H,3H2,1-2H3. The van der Waals surface area contributed by atoms with Gasteiger partial charge in [0.2, 0.25) is 0 Å². The van der Waals surface area contributed by atoms with E-state index in [0.29, 0.717) is 28.3 Å². The van der Waals surface area contributed by atoms with Crippen LogP contribution < -0.4 is 5.32 Å². The predicted molar refractivity (Wildman–Crippen MR) is 78.1 cm³/mol. The van der Waals surface area contributed by atoms with Gasteiger partial charge in [-0.15, -0.1) is 0 Å². The Hall–Kier alpha value is -1.45. The fraction of sp³-hybridized carbons (Fsp3) is 0.250. The average Bonchev–Trinajstić information content (AvgIpc) is 2.43. The summed E-state index contributed by atoms with van der Waals surface area (Å²) in [7, 11) is 0. The number of hydrogen-bond donors (Lipinski definition) is 1. The molecule has 2 rings (SSSR count). The molecule has 0 amide bonds. The molecule has 0 saturated carbocycles. The summed E-state index contributed by atoms with van der Waals surface area (Å²) in [5.74, 6) is -0.681. The van der Waals surface area contributed by atoms with Crippen molar-refractivity contribution in [3.63, 3.8) is 0 Å². The van der Waals surface area contributed by atoms with E-state index in [-0.39, 0.29) is 11.6 Å². The fourth-order valence-corrected chi connectivity index (χ4v) is 2.45. The quantitative estimate of drug-likeness (QED) is 0.867. The molecule has 106 valence electrons. The Morgan fingerprint density at radius 3 is 2.60 bits per heavy atom. The monoisotopic (exact) mass is 295 g/mol. The molecule has 0 heterocycles. The van der Waals surface area contributed by atoms with E-state index in [4.69, 9.17) is 11.6 Å². The van der Waals surface area contributed by atoms with Crippen LogP contribution in [0.15, 0.2) is 36.4 Å². The Balaban J connectivity index is 2.56. The summed E-state index contributed by atoms with van der Waals surface area (Å²) in [6.07, 6.45) is 0. The van der Waals surface area contributed by atoms with E-state index in [2.05, 4.69) is 5.32 Å². The third kappa shape index (κ3) is 3.00. The van der Waals surface area contributed by atoms with Crippen LogP contribution in [-0.2, 0) is 0 Å². The minimum absolute atomic E-state index is 0.293. The highest BCUT2D eigenvalue weighted by molar-refractivity contribution is 6.31. The summed E-state index contributed by atoms with van der Waals surface area (Å²) in [6.45, 7) is 4.23. The Morgan fingerprint density at radius 1 is 1.15 bits per heavy atom. The van der Waals surface area contributed by atoms with Crippen molar-refractivity contribution in [1.29, 1.82) is 0 Å². The summed E-state index contributed by atoms with van der Waals surface area (Å²) in [5.41, 5.74) is 1.57. The Kier molecular flexibility index (Phi) is 4.73. The number of benzene rings is 2. The van der Waals surface area contributed by atoms with E-state index in [9.17, 15) is 8.78 Å². The Bertz CT molecular complexity index is 611. The molecule has 0 aromatic heterocycles. The van der Waals surface area contributed by atoms with Gasteiger partial charge in [-0.2, -0.15) is 0 Å². The van der Waals surface area contributed by atoms with Crippen molar-refractivity contribution in [3.05, 3.63) is 69.7 Å². The molecule has 2 aromatic rings. The molecule has 1 N–H and O–H groups in total. The zero-order chi connectivity index (χ0) is 14.7. The molecule has 0 aliphatic carbocycles. The van der Waals surface area contributed by atoms with E-state index < -0.39 is 6.04 Å². The molecule has 20 heavy (non-hydrogen) atoms. The van der Waals surface area contributed by atoms with Crippen molar-refractivity contribution in [3.8, 4) is 0 Å². The lowest BCUT2D eigenvalue weighted by molar-refractivity contribution is 0.550. The first-order valence-electron chi connectivity index (χ1n) is 6.48. The van der Waals surface area contributed by atoms with Crippen molar-refractivity contribution >= 4 is 11.6 Å². The van der Waals surface area contributed by atoms with E-state index in [1.165, 1.54) is 18.2 Å². The first kappa shape index (κ1) is 14.9. The van der Waals surface area contributed by atoms with E-state index in [1.54, 1.807) is 25.1 Å². The lowest BCUT2D eigenvalue weighted by Gasteiger charge is -2.21. The molecule has 2 aromatic carbocycles. The SMILES string of the molecule is CCNC(c1cc(F)ccc1Cl)c1cccc(C)c1F. The molecule has 0 aliphatic heterocycles. The van der Waals surface area contributed by atoms with Gasteiger partial charge in [-0.3, -0.25) is 0 Å². The van der Waals surface area contributed by atoms with Gasteiger partial charge in [-0.05, 0) is 42.8 Å².